The van der Waals surface area contributed by atoms with Crippen molar-refractivity contribution in [3.8, 4) is 11.4 Å². The third-order valence-electron chi connectivity index (χ3n) is 4.03. The molecule has 0 aliphatic heterocycles. The lowest BCUT2D eigenvalue weighted by atomic mass is 10.1. The maximum absolute atomic E-state index is 13.0. The minimum absolute atomic E-state index is 0.0177. The van der Waals surface area contributed by atoms with E-state index in [0.29, 0.717) is 5.56 Å². The third kappa shape index (κ3) is 6.03. The number of benzene rings is 2. The van der Waals surface area contributed by atoms with E-state index in [1.165, 1.54) is 42.6 Å². The molecule has 1 unspecified atom stereocenters. The minimum Gasteiger partial charge on any atom is -0.391 e. The average molecular weight is 471 g/mol. The topological polar surface area (TPSA) is 89.6 Å². The van der Waals surface area contributed by atoms with E-state index in [9.17, 15) is 22.4 Å². The number of nitrogens with zero attached hydrogens (tertiary/aromatic N) is 3. The molecule has 0 spiro atoms. The summed E-state index contributed by atoms with van der Waals surface area (Å²) >= 11 is 5.89. The average Bonchev–Trinajstić information content (AvgIpc) is 3.23. The fourth-order valence-electron chi connectivity index (χ4n) is 2.43. The van der Waals surface area contributed by atoms with Gasteiger partial charge in [0.05, 0.1) is 17.3 Å². The third-order valence-corrected chi connectivity index (χ3v) is 4.38. The van der Waals surface area contributed by atoms with E-state index in [1.54, 1.807) is 6.92 Å². The molecule has 3 aromatic rings. The zero-order valence-corrected chi connectivity index (χ0v) is 17.1. The van der Waals surface area contributed by atoms with Gasteiger partial charge in [-0.2, -0.15) is 18.2 Å². The van der Waals surface area contributed by atoms with Gasteiger partial charge in [-0.25, -0.2) is 4.39 Å². The summed E-state index contributed by atoms with van der Waals surface area (Å²) in [7, 11) is 0. The summed E-state index contributed by atoms with van der Waals surface area (Å²) in [6, 6.07) is 8.99. The SMILES string of the molecule is CC(C=NOCc1ccc(F)cc1Cl)NC(=O)c1ccc(-c2noc(C(F)(F)F)n2)cc1. The maximum atomic E-state index is 13.0. The molecular formula is C20H15ClF4N4O3. The summed E-state index contributed by atoms with van der Waals surface area (Å²) in [6.07, 6.45) is -3.39. The second kappa shape index (κ2) is 9.77. The highest BCUT2D eigenvalue weighted by Crippen LogP contribution is 2.29. The van der Waals surface area contributed by atoms with E-state index in [1.807, 2.05) is 0 Å². The van der Waals surface area contributed by atoms with E-state index in [4.69, 9.17) is 16.4 Å². The Kier molecular flexibility index (Phi) is 7.08. The Hall–Kier alpha value is -3.47. The molecule has 1 N–H and O–H groups in total. The van der Waals surface area contributed by atoms with Crippen molar-refractivity contribution in [1.29, 1.82) is 0 Å². The van der Waals surface area contributed by atoms with Crippen molar-refractivity contribution in [2.75, 3.05) is 0 Å². The molecular weight excluding hydrogens is 456 g/mol. The standard InChI is InChI=1S/C20H15ClF4N4O3/c1-11(9-26-31-10-14-6-7-15(22)8-16(14)21)27-18(30)13-4-2-12(3-5-13)17-28-19(32-29-17)20(23,24)25/h2-9,11H,10H2,1H3,(H,27,30). The first kappa shape index (κ1) is 23.2. The van der Waals surface area contributed by atoms with Crippen LogP contribution in [0.15, 0.2) is 52.1 Å². The fraction of sp³-hybridized carbons (Fsp3) is 0.200. The van der Waals surface area contributed by atoms with Gasteiger partial charge in [-0.1, -0.05) is 40.1 Å². The van der Waals surface area contributed by atoms with Crippen LogP contribution in [0.3, 0.4) is 0 Å². The summed E-state index contributed by atoms with van der Waals surface area (Å²) < 4.78 is 54.8. The molecule has 0 bridgehead atoms. The fourth-order valence-corrected chi connectivity index (χ4v) is 2.66. The van der Waals surface area contributed by atoms with E-state index in [2.05, 4.69) is 25.1 Å². The van der Waals surface area contributed by atoms with Crippen LogP contribution in [0.5, 0.6) is 0 Å². The van der Waals surface area contributed by atoms with Crippen LogP contribution in [0.25, 0.3) is 11.4 Å². The van der Waals surface area contributed by atoms with Crippen molar-refractivity contribution >= 4 is 23.7 Å². The number of alkyl halides is 3. The quantitative estimate of drug-likeness (QED) is 0.302. The van der Waals surface area contributed by atoms with Gasteiger partial charge in [0.25, 0.3) is 5.91 Å². The summed E-state index contributed by atoms with van der Waals surface area (Å²) in [5.41, 5.74) is 1.06. The van der Waals surface area contributed by atoms with Crippen LogP contribution in [0.2, 0.25) is 5.02 Å². The van der Waals surface area contributed by atoms with Crippen molar-refractivity contribution in [3.63, 3.8) is 0 Å². The Labute approximate surface area is 184 Å². The molecule has 32 heavy (non-hydrogen) atoms. The Morgan fingerprint density at radius 3 is 2.62 bits per heavy atom. The van der Waals surface area contributed by atoms with E-state index in [-0.39, 0.29) is 28.6 Å². The van der Waals surface area contributed by atoms with Crippen molar-refractivity contribution in [2.45, 2.75) is 25.7 Å². The van der Waals surface area contributed by atoms with Gasteiger partial charge in [0.15, 0.2) is 0 Å². The molecule has 0 radical (unpaired) electrons. The number of amides is 1. The zero-order valence-electron chi connectivity index (χ0n) is 16.4. The number of carbonyl (C=O) groups excluding carboxylic acids is 1. The summed E-state index contributed by atoms with van der Waals surface area (Å²) in [4.78, 5) is 20.7. The van der Waals surface area contributed by atoms with Crippen LogP contribution in [-0.2, 0) is 17.6 Å². The van der Waals surface area contributed by atoms with Crippen LogP contribution in [0, 0.1) is 5.82 Å². The molecule has 1 amide bonds. The summed E-state index contributed by atoms with van der Waals surface area (Å²) in [6.45, 7) is 1.67. The molecule has 1 atom stereocenters. The Bertz CT molecular complexity index is 1120. The van der Waals surface area contributed by atoms with Gasteiger partial charge in [0, 0.05) is 16.7 Å². The first-order valence-electron chi connectivity index (χ1n) is 9.05. The lowest BCUT2D eigenvalue weighted by molar-refractivity contribution is -0.159. The number of halogens is 5. The van der Waals surface area contributed by atoms with Gasteiger partial charge >= 0.3 is 12.1 Å². The maximum Gasteiger partial charge on any atom is 0.471 e. The van der Waals surface area contributed by atoms with Crippen LogP contribution in [-0.4, -0.2) is 28.3 Å². The second-order valence-electron chi connectivity index (χ2n) is 6.52. The molecule has 0 aliphatic rings. The number of hydrogen-bond acceptors (Lipinski definition) is 6. The van der Waals surface area contributed by atoms with Crippen molar-refractivity contribution in [3.05, 3.63) is 70.3 Å². The summed E-state index contributed by atoms with van der Waals surface area (Å²) in [5, 5.41) is 9.89. The number of carbonyl (C=O) groups is 1. The van der Waals surface area contributed by atoms with E-state index < -0.39 is 29.8 Å². The number of oxime groups is 1. The molecule has 12 heteroatoms. The molecule has 0 saturated heterocycles. The van der Waals surface area contributed by atoms with Gasteiger partial charge in [-0.3, -0.25) is 4.79 Å². The van der Waals surface area contributed by atoms with Crippen molar-refractivity contribution in [2.24, 2.45) is 5.16 Å². The van der Waals surface area contributed by atoms with Gasteiger partial charge in [-0.15, -0.1) is 0 Å². The second-order valence-corrected chi connectivity index (χ2v) is 6.93. The highest BCUT2D eigenvalue weighted by molar-refractivity contribution is 6.31. The Balaban J connectivity index is 1.52. The van der Waals surface area contributed by atoms with Gasteiger partial charge in [0.2, 0.25) is 5.82 Å². The van der Waals surface area contributed by atoms with E-state index in [0.717, 1.165) is 6.07 Å². The van der Waals surface area contributed by atoms with Crippen molar-refractivity contribution < 1.29 is 31.7 Å². The molecule has 2 aromatic carbocycles. The number of aromatic nitrogens is 2. The van der Waals surface area contributed by atoms with Gasteiger partial charge < -0.3 is 14.7 Å². The highest BCUT2D eigenvalue weighted by atomic mass is 35.5. The minimum atomic E-state index is -4.74. The zero-order chi connectivity index (χ0) is 23.3. The molecule has 1 heterocycles. The van der Waals surface area contributed by atoms with Gasteiger partial charge in [-0.05, 0) is 31.2 Å². The monoisotopic (exact) mass is 470 g/mol. The molecule has 0 aliphatic carbocycles. The number of rotatable bonds is 7. The molecule has 7 nitrogen and oxygen atoms in total. The Morgan fingerprint density at radius 1 is 1.28 bits per heavy atom. The smallest absolute Gasteiger partial charge is 0.391 e. The molecule has 1 aromatic heterocycles. The number of hydrogen-bond donors (Lipinski definition) is 1. The lowest BCUT2D eigenvalue weighted by Crippen LogP contribution is -2.33. The van der Waals surface area contributed by atoms with Crippen LogP contribution >= 0.6 is 11.6 Å². The molecule has 0 saturated carbocycles. The van der Waals surface area contributed by atoms with Crippen LogP contribution in [0.1, 0.15) is 28.7 Å². The Morgan fingerprint density at radius 2 is 2.00 bits per heavy atom. The molecule has 168 valence electrons. The lowest BCUT2D eigenvalue weighted by Gasteiger charge is -2.09. The van der Waals surface area contributed by atoms with Crippen LogP contribution in [0.4, 0.5) is 17.6 Å². The summed E-state index contributed by atoms with van der Waals surface area (Å²) in [5.74, 6) is -2.61. The van der Waals surface area contributed by atoms with Crippen LogP contribution < -0.4 is 5.32 Å². The molecule has 3 rings (SSSR count). The first-order valence-corrected chi connectivity index (χ1v) is 9.43. The number of nitrogens with one attached hydrogen (secondary N) is 1. The van der Waals surface area contributed by atoms with E-state index >= 15 is 0 Å². The molecule has 0 fully saturated rings. The van der Waals surface area contributed by atoms with Crippen molar-refractivity contribution in [1.82, 2.24) is 15.5 Å². The first-order chi connectivity index (χ1) is 15.1. The largest absolute Gasteiger partial charge is 0.471 e. The predicted octanol–water partition coefficient (Wildman–Crippen LogP) is 4.87. The highest BCUT2D eigenvalue weighted by Gasteiger charge is 2.38. The predicted molar refractivity (Wildman–Crippen MR) is 106 cm³/mol. The van der Waals surface area contributed by atoms with Gasteiger partial charge in [0.1, 0.15) is 12.4 Å². The normalized spacial score (nSPS) is 12.7.